The van der Waals surface area contributed by atoms with E-state index >= 15 is 0 Å². The van der Waals surface area contributed by atoms with Crippen LogP contribution >= 0.6 is 0 Å². The molecule has 0 radical (unpaired) electrons. The smallest absolute Gasteiger partial charge is 0.422 e. The Balaban J connectivity index is 3.07. The summed E-state index contributed by atoms with van der Waals surface area (Å²) in [5.41, 5.74) is -0.449. The first-order chi connectivity index (χ1) is 9.63. The highest BCUT2D eigenvalue weighted by Crippen LogP contribution is 2.17. The molecule has 1 amide bonds. The number of aliphatic hydroxyl groups is 1. The number of amides is 1. The Hall–Kier alpha value is -2.24. The summed E-state index contributed by atoms with van der Waals surface area (Å²) in [6, 6.07) is 4.14. The normalized spacial score (nSPS) is 12.7. The van der Waals surface area contributed by atoms with Crippen molar-refractivity contribution in [2.75, 3.05) is 6.54 Å². The van der Waals surface area contributed by atoms with E-state index in [0.29, 0.717) is 0 Å². The molecule has 1 aromatic carbocycles. The highest BCUT2D eigenvalue weighted by Gasteiger charge is 2.24. The fraction of sp³-hybridized carbons (Fsp3) is 0.300. The first kappa shape index (κ1) is 16.8. The lowest BCUT2D eigenvalue weighted by atomic mass is 10.3. The van der Waals surface area contributed by atoms with E-state index in [1.165, 1.54) is 6.92 Å². The van der Waals surface area contributed by atoms with Gasteiger partial charge < -0.3 is 10.2 Å². The van der Waals surface area contributed by atoms with Crippen LogP contribution in [0.2, 0.25) is 0 Å². The number of hydrogen-bond acceptors (Lipinski definition) is 6. The Morgan fingerprint density at radius 2 is 2.14 bits per heavy atom. The summed E-state index contributed by atoms with van der Waals surface area (Å²) >= 11 is 0. The predicted octanol–water partition coefficient (Wildman–Crippen LogP) is 0.149. The molecule has 1 aromatic rings. The molecule has 0 aliphatic carbocycles. The van der Waals surface area contributed by atoms with Gasteiger partial charge in [-0.2, -0.15) is 0 Å². The predicted molar refractivity (Wildman–Crippen MR) is 69.8 cm³/mol. The van der Waals surface area contributed by atoms with Crippen LogP contribution in [0.4, 0.5) is 10.5 Å². The zero-order valence-electron chi connectivity index (χ0n) is 10.8. The number of carbonyl (C=O) groups is 1. The minimum Gasteiger partial charge on any atom is -0.464 e. The molecule has 0 heterocycles. The molecule has 0 bridgehead atoms. The van der Waals surface area contributed by atoms with Crippen LogP contribution in [0.15, 0.2) is 29.2 Å². The van der Waals surface area contributed by atoms with Crippen molar-refractivity contribution in [3.05, 3.63) is 34.4 Å². The molecular weight excluding hydrogens is 306 g/mol. The van der Waals surface area contributed by atoms with E-state index in [1.54, 1.807) is 4.83 Å². The molecule has 1 unspecified atom stereocenters. The molecule has 1 rings (SSSR count). The third-order valence-corrected chi connectivity index (χ3v) is 3.58. The van der Waals surface area contributed by atoms with Crippen molar-refractivity contribution < 1.29 is 28.3 Å². The standard InChI is InChI=1S/C10H13N3O7S/c1-7(14)6-12(10(15)16)11-21(19,20)9-4-2-3-8(5-9)13(17)18/h2-5,7,11,14H,6H2,1H3,(H,15,16). The summed E-state index contributed by atoms with van der Waals surface area (Å²) < 4.78 is 24.0. The lowest BCUT2D eigenvalue weighted by molar-refractivity contribution is -0.385. The second-order valence-corrected chi connectivity index (χ2v) is 5.75. The van der Waals surface area contributed by atoms with E-state index < -0.39 is 44.3 Å². The van der Waals surface area contributed by atoms with Crippen molar-refractivity contribution in [3.8, 4) is 0 Å². The fourth-order valence-corrected chi connectivity index (χ4v) is 2.46. The van der Waals surface area contributed by atoms with Gasteiger partial charge in [-0.15, -0.1) is 4.83 Å². The number of nitro groups is 1. The van der Waals surface area contributed by atoms with Crippen LogP contribution in [0.5, 0.6) is 0 Å². The second kappa shape index (κ2) is 6.47. The van der Waals surface area contributed by atoms with Crippen LogP contribution in [0.1, 0.15) is 6.92 Å². The fourth-order valence-electron chi connectivity index (χ4n) is 1.38. The molecule has 116 valence electrons. The van der Waals surface area contributed by atoms with Gasteiger partial charge in [0.2, 0.25) is 0 Å². The molecular formula is C10H13N3O7S. The Labute approximate surface area is 119 Å². The average molecular weight is 319 g/mol. The minimum atomic E-state index is -4.33. The van der Waals surface area contributed by atoms with Gasteiger partial charge in [-0.05, 0) is 13.0 Å². The number of sulfonamides is 1. The molecule has 21 heavy (non-hydrogen) atoms. The third-order valence-electron chi connectivity index (χ3n) is 2.25. The largest absolute Gasteiger partial charge is 0.464 e. The van der Waals surface area contributed by atoms with Gasteiger partial charge in [-0.1, -0.05) is 6.07 Å². The number of benzene rings is 1. The van der Waals surface area contributed by atoms with Gasteiger partial charge >= 0.3 is 6.09 Å². The second-order valence-electron chi connectivity index (χ2n) is 4.09. The Morgan fingerprint density at radius 1 is 1.52 bits per heavy atom. The first-order valence-electron chi connectivity index (χ1n) is 5.59. The number of carboxylic acid groups (broad SMARTS) is 1. The van der Waals surface area contributed by atoms with E-state index in [2.05, 4.69) is 0 Å². The van der Waals surface area contributed by atoms with E-state index in [4.69, 9.17) is 10.2 Å². The Morgan fingerprint density at radius 3 is 2.62 bits per heavy atom. The molecule has 3 N–H and O–H groups in total. The number of non-ortho nitro benzene ring substituents is 1. The molecule has 0 aliphatic heterocycles. The summed E-state index contributed by atoms with van der Waals surface area (Å²) in [7, 11) is -4.33. The molecule has 0 saturated carbocycles. The summed E-state index contributed by atoms with van der Waals surface area (Å²) in [6.07, 6.45) is -2.72. The molecule has 1 atom stereocenters. The Kier molecular flexibility index (Phi) is 5.18. The van der Waals surface area contributed by atoms with E-state index in [1.807, 2.05) is 0 Å². The van der Waals surface area contributed by atoms with Crippen molar-refractivity contribution in [2.45, 2.75) is 17.9 Å². The molecule has 0 fully saturated rings. The third kappa shape index (κ3) is 4.66. The topological polar surface area (TPSA) is 150 Å². The van der Waals surface area contributed by atoms with Crippen LogP contribution in [0.3, 0.4) is 0 Å². The zero-order chi connectivity index (χ0) is 16.2. The van der Waals surface area contributed by atoms with Crippen molar-refractivity contribution in [1.29, 1.82) is 0 Å². The van der Waals surface area contributed by atoms with Gasteiger partial charge in [0.1, 0.15) is 0 Å². The first-order valence-corrected chi connectivity index (χ1v) is 7.07. The quantitative estimate of drug-likeness (QED) is 0.498. The van der Waals surface area contributed by atoms with Crippen LogP contribution in [0.25, 0.3) is 0 Å². The maximum absolute atomic E-state index is 12.0. The number of aliphatic hydroxyl groups excluding tert-OH is 1. The van der Waals surface area contributed by atoms with Gasteiger partial charge in [-0.3, -0.25) is 10.1 Å². The maximum atomic E-state index is 12.0. The molecule has 0 saturated heterocycles. The van der Waals surface area contributed by atoms with Crippen LogP contribution in [-0.4, -0.2) is 47.3 Å². The number of rotatable bonds is 6. The van der Waals surface area contributed by atoms with Crippen LogP contribution in [-0.2, 0) is 10.0 Å². The molecule has 0 aliphatic rings. The van der Waals surface area contributed by atoms with Crippen molar-refractivity contribution in [3.63, 3.8) is 0 Å². The number of hydrogen-bond donors (Lipinski definition) is 3. The highest BCUT2D eigenvalue weighted by molar-refractivity contribution is 7.89. The Bertz CT molecular complexity index is 644. The van der Waals surface area contributed by atoms with E-state index in [0.717, 1.165) is 24.3 Å². The van der Waals surface area contributed by atoms with Crippen LogP contribution < -0.4 is 4.83 Å². The maximum Gasteiger partial charge on any atom is 0.422 e. The van der Waals surface area contributed by atoms with E-state index in [9.17, 15) is 23.3 Å². The van der Waals surface area contributed by atoms with Gasteiger partial charge in [-0.25, -0.2) is 18.2 Å². The van der Waals surface area contributed by atoms with Crippen molar-refractivity contribution in [2.24, 2.45) is 0 Å². The number of nitro benzene ring substituents is 1. The lowest BCUT2D eigenvalue weighted by Gasteiger charge is -2.21. The van der Waals surface area contributed by atoms with Gasteiger partial charge in [0.25, 0.3) is 15.7 Å². The lowest BCUT2D eigenvalue weighted by Crippen LogP contribution is -2.48. The van der Waals surface area contributed by atoms with Gasteiger partial charge in [0.05, 0.1) is 22.5 Å². The number of nitrogens with zero attached hydrogens (tertiary/aromatic N) is 2. The summed E-state index contributed by atoms with van der Waals surface area (Å²) in [5, 5.41) is 28.9. The van der Waals surface area contributed by atoms with Gasteiger partial charge in [0.15, 0.2) is 0 Å². The average Bonchev–Trinajstić information content (AvgIpc) is 2.37. The summed E-state index contributed by atoms with van der Waals surface area (Å²) in [4.78, 5) is 22.0. The van der Waals surface area contributed by atoms with Crippen LogP contribution in [0, 0.1) is 10.1 Å². The van der Waals surface area contributed by atoms with Crippen molar-refractivity contribution in [1.82, 2.24) is 9.84 Å². The molecule has 10 nitrogen and oxygen atoms in total. The minimum absolute atomic E-state index is 0.277. The number of hydrazine groups is 1. The van der Waals surface area contributed by atoms with Crippen molar-refractivity contribution >= 4 is 21.8 Å². The van der Waals surface area contributed by atoms with E-state index in [-0.39, 0.29) is 5.01 Å². The number of nitrogens with one attached hydrogen (secondary N) is 1. The molecule has 0 aromatic heterocycles. The SMILES string of the molecule is CC(O)CN(NS(=O)(=O)c1cccc([N+](=O)[O-])c1)C(=O)O. The molecule has 11 heteroatoms. The zero-order valence-corrected chi connectivity index (χ0v) is 11.6. The monoisotopic (exact) mass is 319 g/mol. The summed E-state index contributed by atoms with van der Waals surface area (Å²) in [6.45, 7) is 0.779. The molecule has 0 spiro atoms. The van der Waals surface area contributed by atoms with Gasteiger partial charge in [0, 0.05) is 12.1 Å². The summed E-state index contributed by atoms with van der Waals surface area (Å²) in [5.74, 6) is 0. The highest BCUT2D eigenvalue weighted by atomic mass is 32.2.